The second kappa shape index (κ2) is 5.85. The highest BCUT2D eigenvalue weighted by Gasteiger charge is 2.34. The Morgan fingerprint density at radius 1 is 1.55 bits per heavy atom. The summed E-state index contributed by atoms with van der Waals surface area (Å²) in [5.74, 6) is 0.0101. The molecule has 1 atom stereocenters. The van der Waals surface area contributed by atoms with Crippen molar-refractivity contribution in [2.24, 2.45) is 12.5 Å². The molecule has 1 saturated heterocycles. The van der Waals surface area contributed by atoms with Crippen LogP contribution >= 0.6 is 11.3 Å². The molecule has 1 N–H and O–H groups in total. The van der Waals surface area contributed by atoms with E-state index < -0.39 is 0 Å². The van der Waals surface area contributed by atoms with Crippen LogP contribution in [0.4, 0.5) is 0 Å². The zero-order valence-electron chi connectivity index (χ0n) is 13.0. The topological polar surface area (TPSA) is 58.4 Å². The summed E-state index contributed by atoms with van der Waals surface area (Å²) < 4.78 is 1.69. The minimum atomic E-state index is -0.195. The Labute approximate surface area is 134 Å². The van der Waals surface area contributed by atoms with Gasteiger partial charge in [-0.05, 0) is 24.3 Å². The van der Waals surface area contributed by atoms with Gasteiger partial charge >= 0.3 is 0 Å². The lowest BCUT2D eigenvalue weighted by atomic mass is 9.82. The summed E-state index contributed by atoms with van der Waals surface area (Å²) in [6, 6.07) is 3.95. The lowest BCUT2D eigenvalue weighted by molar-refractivity contribution is 0.0358. The minimum Gasteiger partial charge on any atom is -0.396 e. The van der Waals surface area contributed by atoms with Crippen molar-refractivity contribution in [3.63, 3.8) is 0 Å². The number of rotatable bonds is 3. The summed E-state index contributed by atoms with van der Waals surface area (Å²) in [7, 11) is 1.84. The third-order valence-electron chi connectivity index (χ3n) is 4.26. The van der Waals surface area contributed by atoms with Gasteiger partial charge in [-0.25, -0.2) is 0 Å². The van der Waals surface area contributed by atoms with E-state index in [0.717, 1.165) is 30.0 Å². The number of aliphatic hydroxyl groups is 1. The maximum Gasteiger partial charge on any atom is 0.257 e. The molecule has 118 valence electrons. The first-order chi connectivity index (χ1) is 10.5. The van der Waals surface area contributed by atoms with Gasteiger partial charge in [0.2, 0.25) is 0 Å². The van der Waals surface area contributed by atoms with Crippen molar-refractivity contribution >= 4 is 17.2 Å². The monoisotopic (exact) mass is 319 g/mol. The van der Waals surface area contributed by atoms with Gasteiger partial charge in [-0.3, -0.25) is 9.48 Å². The van der Waals surface area contributed by atoms with Crippen molar-refractivity contribution in [1.29, 1.82) is 0 Å². The van der Waals surface area contributed by atoms with Crippen LogP contribution in [-0.4, -0.2) is 45.4 Å². The Balaban J connectivity index is 1.90. The molecule has 0 bridgehead atoms. The molecule has 0 aromatic carbocycles. The van der Waals surface area contributed by atoms with E-state index in [-0.39, 0.29) is 17.9 Å². The second-order valence-corrected chi connectivity index (χ2v) is 7.29. The number of carbonyl (C=O) groups excluding carboxylic acids is 1. The van der Waals surface area contributed by atoms with Crippen LogP contribution in [0.5, 0.6) is 0 Å². The average Bonchev–Trinajstić information content (AvgIpc) is 3.15. The van der Waals surface area contributed by atoms with Crippen LogP contribution in [0.15, 0.2) is 23.7 Å². The number of aliphatic hydroxyl groups excluding tert-OH is 1. The predicted molar refractivity (Wildman–Crippen MR) is 86.9 cm³/mol. The quantitative estimate of drug-likeness (QED) is 0.945. The molecule has 2 aromatic heterocycles. The van der Waals surface area contributed by atoms with E-state index in [1.807, 2.05) is 36.4 Å². The van der Waals surface area contributed by atoms with Gasteiger partial charge in [-0.2, -0.15) is 5.10 Å². The zero-order valence-corrected chi connectivity index (χ0v) is 13.8. The number of nitrogens with zero attached hydrogens (tertiary/aromatic N) is 3. The van der Waals surface area contributed by atoms with Crippen molar-refractivity contribution in [2.75, 3.05) is 19.7 Å². The van der Waals surface area contributed by atoms with Gasteiger partial charge in [-0.1, -0.05) is 13.0 Å². The summed E-state index contributed by atoms with van der Waals surface area (Å²) in [6.45, 7) is 3.49. The molecule has 1 unspecified atom stereocenters. The maximum absolute atomic E-state index is 12.9. The van der Waals surface area contributed by atoms with Crippen molar-refractivity contribution in [3.05, 3.63) is 29.3 Å². The van der Waals surface area contributed by atoms with Crippen LogP contribution in [0.1, 0.15) is 30.1 Å². The van der Waals surface area contributed by atoms with E-state index >= 15 is 0 Å². The highest BCUT2D eigenvalue weighted by atomic mass is 32.1. The van der Waals surface area contributed by atoms with E-state index in [0.29, 0.717) is 12.1 Å². The molecule has 22 heavy (non-hydrogen) atoms. The number of likely N-dealkylation sites (tertiary alicyclic amines) is 1. The fourth-order valence-corrected chi connectivity index (χ4v) is 3.75. The smallest absolute Gasteiger partial charge is 0.257 e. The van der Waals surface area contributed by atoms with Crippen LogP contribution < -0.4 is 0 Å². The highest BCUT2D eigenvalue weighted by molar-refractivity contribution is 7.13. The maximum atomic E-state index is 12.9. The Morgan fingerprint density at radius 2 is 2.36 bits per heavy atom. The molecule has 0 saturated carbocycles. The second-order valence-electron chi connectivity index (χ2n) is 6.34. The number of hydrogen-bond acceptors (Lipinski definition) is 4. The molecule has 0 radical (unpaired) electrons. The number of piperidine rings is 1. The summed E-state index contributed by atoms with van der Waals surface area (Å²) in [5, 5.41) is 16.0. The Bertz CT molecular complexity index is 665. The summed E-state index contributed by atoms with van der Waals surface area (Å²) in [6.07, 6.45) is 3.68. The third-order valence-corrected chi connectivity index (χ3v) is 5.14. The zero-order chi connectivity index (χ0) is 15.7. The molecule has 5 nitrogen and oxygen atoms in total. The van der Waals surface area contributed by atoms with Gasteiger partial charge in [0.05, 0.1) is 17.0 Å². The van der Waals surface area contributed by atoms with Crippen LogP contribution in [0.25, 0.3) is 10.6 Å². The van der Waals surface area contributed by atoms with Crippen LogP contribution in [0.3, 0.4) is 0 Å². The number of amides is 1. The number of aromatic nitrogens is 2. The molecule has 1 amide bonds. The Hall–Kier alpha value is -1.66. The molecule has 1 aliphatic rings. The first kappa shape index (κ1) is 15.2. The van der Waals surface area contributed by atoms with Crippen molar-refractivity contribution in [1.82, 2.24) is 14.7 Å². The lowest BCUT2D eigenvalue weighted by Crippen LogP contribution is -2.46. The van der Waals surface area contributed by atoms with Gasteiger partial charge in [-0.15, -0.1) is 11.3 Å². The molecule has 3 rings (SSSR count). The molecule has 0 spiro atoms. The molecule has 3 heterocycles. The van der Waals surface area contributed by atoms with Crippen LogP contribution in [0, 0.1) is 5.41 Å². The number of thiophene rings is 1. The van der Waals surface area contributed by atoms with E-state index in [4.69, 9.17) is 0 Å². The largest absolute Gasteiger partial charge is 0.396 e. The van der Waals surface area contributed by atoms with E-state index in [1.54, 1.807) is 22.2 Å². The molecule has 1 aliphatic heterocycles. The van der Waals surface area contributed by atoms with Crippen molar-refractivity contribution in [2.45, 2.75) is 19.8 Å². The summed E-state index contributed by atoms with van der Waals surface area (Å²) >= 11 is 1.59. The average molecular weight is 319 g/mol. The minimum absolute atomic E-state index is 0.0101. The first-order valence-corrected chi connectivity index (χ1v) is 8.38. The predicted octanol–water partition coefficient (Wildman–Crippen LogP) is 2.38. The Morgan fingerprint density at radius 3 is 3.05 bits per heavy atom. The number of aryl methyl sites for hydroxylation is 1. The van der Waals surface area contributed by atoms with E-state index in [1.165, 1.54) is 0 Å². The fourth-order valence-electron chi connectivity index (χ4n) is 3.03. The molecule has 2 aromatic rings. The van der Waals surface area contributed by atoms with E-state index in [9.17, 15) is 9.90 Å². The van der Waals surface area contributed by atoms with Crippen LogP contribution in [0.2, 0.25) is 0 Å². The van der Waals surface area contributed by atoms with Gasteiger partial charge in [0.15, 0.2) is 0 Å². The highest BCUT2D eigenvalue weighted by Crippen LogP contribution is 2.32. The van der Waals surface area contributed by atoms with Gasteiger partial charge in [0.25, 0.3) is 5.91 Å². The fraction of sp³-hybridized carbons (Fsp3) is 0.500. The number of carbonyl (C=O) groups is 1. The SMILES string of the molecule is Cn1cc(C(=O)N2CCCC(C)(CO)C2)c(-c2cccs2)n1. The molecule has 1 fully saturated rings. The first-order valence-electron chi connectivity index (χ1n) is 7.50. The van der Waals surface area contributed by atoms with Gasteiger partial charge in [0.1, 0.15) is 5.69 Å². The molecule has 0 aliphatic carbocycles. The molecule has 6 heteroatoms. The Kier molecular flexibility index (Phi) is 4.06. The van der Waals surface area contributed by atoms with Gasteiger partial charge in [0, 0.05) is 31.7 Å². The van der Waals surface area contributed by atoms with E-state index in [2.05, 4.69) is 5.10 Å². The summed E-state index contributed by atoms with van der Waals surface area (Å²) in [4.78, 5) is 15.8. The lowest BCUT2D eigenvalue weighted by Gasteiger charge is -2.39. The standard InChI is InChI=1S/C16H21N3O2S/c1-16(11-20)6-4-7-19(10-16)15(21)12-9-18(2)17-14(12)13-5-3-8-22-13/h3,5,8-9,20H,4,6-7,10-11H2,1-2H3. The molecular formula is C16H21N3O2S. The molecular weight excluding hydrogens is 298 g/mol. The third kappa shape index (κ3) is 2.80. The van der Waals surface area contributed by atoms with Gasteiger partial charge < -0.3 is 10.0 Å². The number of hydrogen-bond donors (Lipinski definition) is 1. The summed E-state index contributed by atoms with van der Waals surface area (Å²) in [5.41, 5.74) is 1.20. The van der Waals surface area contributed by atoms with Crippen molar-refractivity contribution < 1.29 is 9.90 Å². The van der Waals surface area contributed by atoms with Crippen molar-refractivity contribution in [3.8, 4) is 10.6 Å². The van der Waals surface area contributed by atoms with Crippen LogP contribution in [-0.2, 0) is 7.05 Å². The normalized spacial score (nSPS) is 22.0.